The van der Waals surface area contributed by atoms with E-state index in [1.54, 1.807) is 0 Å². The van der Waals surface area contributed by atoms with Gasteiger partial charge in [-0.1, -0.05) is 43.7 Å². The van der Waals surface area contributed by atoms with Crippen LogP contribution < -0.4 is 10.6 Å². The summed E-state index contributed by atoms with van der Waals surface area (Å²) < 4.78 is 0. The first-order chi connectivity index (χ1) is 8.63. The van der Waals surface area contributed by atoms with E-state index in [2.05, 4.69) is 36.6 Å². The molecule has 2 atom stereocenters. The van der Waals surface area contributed by atoms with Crippen LogP contribution in [0.1, 0.15) is 45.2 Å². The highest BCUT2D eigenvalue weighted by atomic mass is 16.1. The molecule has 1 aromatic carbocycles. The minimum absolute atomic E-state index is 0.0683. The van der Waals surface area contributed by atoms with Gasteiger partial charge >= 0.3 is 0 Å². The number of hydrogen-bond acceptors (Lipinski definition) is 2. The van der Waals surface area contributed by atoms with Gasteiger partial charge in [0.1, 0.15) is 0 Å². The lowest BCUT2D eigenvalue weighted by atomic mass is 10.1. The van der Waals surface area contributed by atoms with Crippen molar-refractivity contribution in [1.82, 2.24) is 10.6 Å². The lowest BCUT2D eigenvalue weighted by Crippen LogP contribution is -2.39. The summed E-state index contributed by atoms with van der Waals surface area (Å²) in [5.41, 5.74) is 1.20. The minimum Gasteiger partial charge on any atom is -0.353 e. The molecule has 18 heavy (non-hydrogen) atoms. The fraction of sp³-hybridized carbons (Fsp3) is 0.533. The van der Waals surface area contributed by atoms with Crippen molar-refractivity contribution in [2.45, 2.75) is 45.7 Å². The van der Waals surface area contributed by atoms with E-state index in [-0.39, 0.29) is 18.0 Å². The van der Waals surface area contributed by atoms with E-state index < -0.39 is 0 Å². The molecule has 0 aromatic heterocycles. The molecule has 3 nitrogen and oxygen atoms in total. The van der Waals surface area contributed by atoms with E-state index in [1.807, 2.05) is 25.1 Å². The van der Waals surface area contributed by atoms with Gasteiger partial charge in [-0.05, 0) is 25.8 Å². The molecular weight excluding hydrogens is 224 g/mol. The number of rotatable bonds is 7. The van der Waals surface area contributed by atoms with E-state index >= 15 is 0 Å². The Hall–Kier alpha value is -1.35. The lowest BCUT2D eigenvalue weighted by Gasteiger charge is -2.16. The summed E-state index contributed by atoms with van der Waals surface area (Å²) >= 11 is 0. The Balaban J connectivity index is 2.30. The maximum absolute atomic E-state index is 11.7. The lowest BCUT2D eigenvalue weighted by molar-refractivity contribution is -0.121. The average molecular weight is 248 g/mol. The zero-order valence-electron chi connectivity index (χ0n) is 11.6. The van der Waals surface area contributed by atoms with Crippen LogP contribution in [-0.2, 0) is 4.79 Å². The number of nitrogens with one attached hydrogen (secondary N) is 2. The molecule has 1 amide bonds. The summed E-state index contributed by atoms with van der Waals surface area (Å²) in [6.07, 6.45) is 2.12. The van der Waals surface area contributed by atoms with Crippen LogP contribution in [0, 0.1) is 0 Å². The smallest absolute Gasteiger partial charge is 0.234 e. The van der Waals surface area contributed by atoms with E-state index in [1.165, 1.54) is 5.56 Å². The van der Waals surface area contributed by atoms with Gasteiger partial charge in [0.15, 0.2) is 0 Å². The van der Waals surface area contributed by atoms with Crippen LogP contribution in [0.15, 0.2) is 30.3 Å². The van der Waals surface area contributed by atoms with Crippen molar-refractivity contribution < 1.29 is 4.79 Å². The molecule has 100 valence electrons. The van der Waals surface area contributed by atoms with Crippen LogP contribution in [0.25, 0.3) is 0 Å². The summed E-state index contributed by atoms with van der Waals surface area (Å²) in [5, 5.41) is 6.22. The molecule has 0 bridgehead atoms. The number of hydrogen-bond donors (Lipinski definition) is 2. The quantitative estimate of drug-likeness (QED) is 0.779. The van der Waals surface area contributed by atoms with Crippen LogP contribution in [0.4, 0.5) is 0 Å². The monoisotopic (exact) mass is 248 g/mol. The van der Waals surface area contributed by atoms with Gasteiger partial charge in [-0.2, -0.15) is 0 Å². The Morgan fingerprint density at radius 2 is 1.89 bits per heavy atom. The number of carbonyl (C=O) groups is 1. The van der Waals surface area contributed by atoms with Crippen LogP contribution in [0.2, 0.25) is 0 Å². The maximum atomic E-state index is 11.7. The molecule has 1 unspecified atom stereocenters. The van der Waals surface area contributed by atoms with Gasteiger partial charge in [0, 0.05) is 12.1 Å². The first kappa shape index (κ1) is 14.7. The molecule has 3 heteroatoms. The number of amides is 1. The summed E-state index contributed by atoms with van der Waals surface area (Å²) in [6, 6.07) is 10.6. The predicted molar refractivity (Wildman–Crippen MR) is 75.4 cm³/mol. The molecular formula is C15H24N2O. The summed E-state index contributed by atoms with van der Waals surface area (Å²) in [6.45, 7) is 6.60. The summed E-state index contributed by atoms with van der Waals surface area (Å²) in [5.74, 6) is 0.0683. The first-order valence-corrected chi connectivity index (χ1v) is 6.71. The molecule has 0 radical (unpaired) electrons. The number of carbonyl (C=O) groups excluding carboxylic acids is 1. The van der Waals surface area contributed by atoms with Crippen molar-refractivity contribution in [3.63, 3.8) is 0 Å². The molecule has 2 N–H and O–H groups in total. The average Bonchev–Trinajstić information content (AvgIpc) is 2.37. The van der Waals surface area contributed by atoms with Crippen LogP contribution in [-0.4, -0.2) is 18.5 Å². The Morgan fingerprint density at radius 1 is 1.22 bits per heavy atom. The molecule has 0 aliphatic rings. The largest absolute Gasteiger partial charge is 0.353 e. The van der Waals surface area contributed by atoms with Gasteiger partial charge in [-0.15, -0.1) is 0 Å². The third-order valence-electron chi connectivity index (χ3n) is 3.00. The fourth-order valence-electron chi connectivity index (χ4n) is 1.94. The topological polar surface area (TPSA) is 41.1 Å². The Bertz CT molecular complexity index is 351. The van der Waals surface area contributed by atoms with Crippen molar-refractivity contribution in [3.8, 4) is 0 Å². The van der Waals surface area contributed by atoms with Gasteiger partial charge in [0.2, 0.25) is 5.91 Å². The van der Waals surface area contributed by atoms with Gasteiger partial charge in [-0.3, -0.25) is 4.79 Å². The molecule has 0 fully saturated rings. The van der Waals surface area contributed by atoms with Gasteiger partial charge < -0.3 is 10.6 Å². The Morgan fingerprint density at radius 3 is 2.50 bits per heavy atom. The molecule has 0 heterocycles. The normalized spacial score (nSPS) is 13.9. The molecule has 0 aliphatic carbocycles. The third-order valence-corrected chi connectivity index (χ3v) is 3.00. The van der Waals surface area contributed by atoms with Crippen molar-refractivity contribution >= 4 is 5.91 Å². The van der Waals surface area contributed by atoms with E-state index in [0.717, 1.165) is 12.8 Å². The zero-order valence-corrected chi connectivity index (χ0v) is 11.6. The highest BCUT2D eigenvalue weighted by molar-refractivity contribution is 5.78. The summed E-state index contributed by atoms with van der Waals surface area (Å²) in [7, 11) is 0. The van der Waals surface area contributed by atoms with Gasteiger partial charge in [0.25, 0.3) is 0 Å². The van der Waals surface area contributed by atoms with Crippen LogP contribution >= 0.6 is 0 Å². The van der Waals surface area contributed by atoms with E-state index in [4.69, 9.17) is 0 Å². The highest BCUT2D eigenvalue weighted by Gasteiger charge is 2.09. The van der Waals surface area contributed by atoms with Crippen molar-refractivity contribution in [2.75, 3.05) is 6.54 Å². The molecule has 1 aromatic rings. The standard InChI is InChI=1S/C15H24N2O/c1-4-8-12(2)17-15(18)11-16-13(3)14-9-6-5-7-10-14/h5-7,9-10,12-13,16H,4,8,11H2,1-3H3,(H,17,18)/t12?,13-/m1/s1. The SMILES string of the molecule is CCCC(C)NC(=O)CN[C@H](C)c1ccccc1. The fourth-order valence-corrected chi connectivity index (χ4v) is 1.94. The second-order valence-corrected chi connectivity index (χ2v) is 4.77. The number of benzene rings is 1. The zero-order chi connectivity index (χ0) is 13.4. The van der Waals surface area contributed by atoms with Crippen molar-refractivity contribution in [1.29, 1.82) is 0 Å². The second kappa shape index (κ2) is 7.88. The minimum atomic E-state index is 0.0683. The van der Waals surface area contributed by atoms with E-state index in [0.29, 0.717) is 6.54 Å². The molecule has 1 rings (SSSR count). The van der Waals surface area contributed by atoms with Gasteiger partial charge in [0.05, 0.1) is 6.54 Å². The Labute approximate surface area is 110 Å². The molecule has 0 saturated heterocycles. The maximum Gasteiger partial charge on any atom is 0.234 e. The van der Waals surface area contributed by atoms with Crippen LogP contribution in [0.3, 0.4) is 0 Å². The van der Waals surface area contributed by atoms with Crippen molar-refractivity contribution in [2.24, 2.45) is 0 Å². The predicted octanol–water partition coefficient (Wildman–Crippen LogP) is 2.64. The summed E-state index contributed by atoms with van der Waals surface area (Å²) in [4.78, 5) is 11.7. The van der Waals surface area contributed by atoms with Crippen LogP contribution in [0.5, 0.6) is 0 Å². The van der Waals surface area contributed by atoms with E-state index in [9.17, 15) is 4.79 Å². The second-order valence-electron chi connectivity index (χ2n) is 4.77. The van der Waals surface area contributed by atoms with Crippen molar-refractivity contribution in [3.05, 3.63) is 35.9 Å². The molecule has 0 spiro atoms. The van der Waals surface area contributed by atoms with Gasteiger partial charge in [-0.25, -0.2) is 0 Å². The first-order valence-electron chi connectivity index (χ1n) is 6.71. The Kier molecular flexibility index (Phi) is 6.44. The molecule has 0 saturated carbocycles. The highest BCUT2D eigenvalue weighted by Crippen LogP contribution is 2.10. The molecule has 0 aliphatic heterocycles. The third kappa shape index (κ3) is 5.32.